The van der Waals surface area contributed by atoms with Gasteiger partial charge in [0.25, 0.3) is 0 Å². The molecule has 208 valence electrons. The highest BCUT2D eigenvalue weighted by Crippen LogP contribution is 2.46. The summed E-state index contributed by atoms with van der Waals surface area (Å²) in [6, 6.07) is 23.6. The van der Waals surface area contributed by atoms with Crippen LogP contribution in [0.4, 0.5) is 11.4 Å². The van der Waals surface area contributed by atoms with E-state index in [4.69, 9.17) is 4.74 Å². The Morgan fingerprint density at radius 1 is 0.900 bits per heavy atom. The Morgan fingerprint density at radius 3 is 2.27 bits per heavy atom. The second-order valence-corrected chi connectivity index (χ2v) is 12.5. The van der Waals surface area contributed by atoms with Crippen LogP contribution in [-0.2, 0) is 25.0 Å². The average Bonchev–Trinajstić information content (AvgIpc) is 3.17. The van der Waals surface area contributed by atoms with E-state index in [0.717, 1.165) is 22.6 Å². The summed E-state index contributed by atoms with van der Waals surface area (Å²) in [5.41, 5.74) is 3.73. The maximum Gasteiger partial charge on any atom is 0.338 e. The molecule has 8 nitrogen and oxygen atoms in total. The zero-order valence-corrected chi connectivity index (χ0v) is 23.7. The summed E-state index contributed by atoms with van der Waals surface area (Å²) in [5.74, 6) is -1.10. The smallest absolute Gasteiger partial charge is 0.338 e. The highest BCUT2D eigenvalue weighted by molar-refractivity contribution is 7.89. The Morgan fingerprint density at radius 2 is 1.57 bits per heavy atom. The molecule has 0 unspecified atom stereocenters. The fourth-order valence-electron chi connectivity index (χ4n) is 5.43. The number of para-hydroxylation sites is 2. The summed E-state index contributed by atoms with van der Waals surface area (Å²) in [7, 11) is -1.89. The number of likely N-dealkylation sites (N-methyl/N-ethyl adjacent to an activating group) is 1. The molecule has 0 atom stereocenters. The van der Waals surface area contributed by atoms with Gasteiger partial charge in [-0.25, -0.2) is 13.2 Å². The number of carbonyl (C=O) groups excluding carboxylic acids is 2. The highest BCUT2D eigenvalue weighted by Gasteiger charge is 2.38. The van der Waals surface area contributed by atoms with Gasteiger partial charge in [-0.2, -0.15) is 4.31 Å². The molecule has 0 N–H and O–H groups in total. The van der Waals surface area contributed by atoms with Gasteiger partial charge in [0.15, 0.2) is 12.4 Å². The fraction of sp³-hybridized carbons (Fsp3) is 0.290. The summed E-state index contributed by atoms with van der Waals surface area (Å²) in [6.45, 7) is 5.47. The van der Waals surface area contributed by atoms with Crippen molar-refractivity contribution in [2.45, 2.75) is 24.2 Å². The molecular formula is C31H33N3O5S. The molecular weight excluding hydrogens is 526 g/mol. The first-order valence-electron chi connectivity index (χ1n) is 13.2. The molecule has 3 aromatic rings. The SMILES string of the molecule is CN1C(=CC(=O)COC(=O)c2cccc(S(=O)(=O)N3CCN(c4ccccc4)CC3)c2)C(C)(C)c2ccccc21. The lowest BCUT2D eigenvalue weighted by atomic mass is 9.83. The van der Waals surface area contributed by atoms with Crippen molar-refractivity contribution in [3.63, 3.8) is 0 Å². The Bertz CT molecular complexity index is 1560. The number of benzene rings is 3. The minimum atomic E-state index is -3.80. The number of ketones is 1. The quantitative estimate of drug-likeness (QED) is 0.316. The zero-order chi connectivity index (χ0) is 28.5. The molecule has 0 aromatic heterocycles. The van der Waals surface area contributed by atoms with Gasteiger partial charge in [-0.3, -0.25) is 4.79 Å². The standard InChI is InChI=1S/C31H33N3O5S/c1-31(2)27-14-7-8-15-28(27)32(3)29(31)21-25(35)22-39-30(36)23-10-9-13-26(20-23)40(37,38)34-18-16-33(17-19-34)24-11-5-4-6-12-24/h4-15,20-21H,16-19,22H2,1-3H3. The third-order valence-electron chi connectivity index (χ3n) is 7.65. The van der Waals surface area contributed by atoms with Crippen LogP contribution < -0.4 is 9.80 Å². The second-order valence-electron chi connectivity index (χ2n) is 10.5. The van der Waals surface area contributed by atoms with Crippen molar-refractivity contribution in [3.05, 3.63) is 102 Å². The van der Waals surface area contributed by atoms with Crippen molar-refractivity contribution in [1.82, 2.24) is 4.31 Å². The molecule has 1 fully saturated rings. The van der Waals surface area contributed by atoms with E-state index in [2.05, 4.69) is 4.90 Å². The molecule has 3 aromatic carbocycles. The van der Waals surface area contributed by atoms with Crippen LogP contribution in [-0.4, -0.2) is 64.3 Å². The van der Waals surface area contributed by atoms with Crippen LogP contribution in [0.15, 0.2) is 95.5 Å². The summed E-state index contributed by atoms with van der Waals surface area (Å²) in [5, 5.41) is 0. The van der Waals surface area contributed by atoms with Crippen molar-refractivity contribution < 1.29 is 22.7 Å². The molecule has 0 spiro atoms. The predicted molar refractivity (Wildman–Crippen MR) is 155 cm³/mol. The van der Waals surface area contributed by atoms with Crippen LogP contribution in [0.5, 0.6) is 0 Å². The van der Waals surface area contributed by atoms with E-state index in [0.29, 0.717) is 26.2 Å². The Labute approximate surface area is 235 Å². The first-order valence-corrected chi connectivity index (χ1v) is 14.7. The number of fused-ring (bicyclic) bond motifs is 1. The van der Waals surface area contributed by atoms with Crippen LogP contribution in [0, 0.1) is 0 Å². The summed E-state index contributed by atoms with van der Waals surface area (Å²) in [4.78, 5) is 29.7. The molecule has 9 heteroatoms. The van der Waals surface area contributed by atoms with Gasteiger partial charge in [0, 0.05) is 61.8 Å². The Hall–Kier alpha value is -3.95. The molecule has 0 amide bonds. The van der Waals surface area contributed by atoms with Crippen LogP contribution >= 0.6 is 0 Å². The van der Waals surface area contributed by atoms with Gasteiger partial charge in [-0.1, -0.05) is 56.3 Å². The Balaban J connectivity index is 1.22. The number of nitrogens with zero attached hydrogens (tertiary/aromatic N) is 3. The number of allylic oxidation sites excluding steroid dienone is 1. The molecule has 5 rings (SSSR count). The number of piperazine rings is 1. The molecule has 0 bridgehead atoms. The monoisotopic (exact) mass is 559 g/mol. The van der Waals surface area contributed by atoms with Gasteiger partial charge < -0.3 is 14.5 Å². The normalized spacial score (nSPS) is 18.0. The molecule has 0 saturated carbocycles. The van der Waals surface area contributed by atoms with Gasteiger partial charge in [0.1, 0.15) is 0 Å². The van der Waals surface area contributed by atoms with E-state index >= 15 is 0 Å². The molecule has 1 saturated heterocycles. The number of hydrogen-bond donors (Lipinski definition) is 0. The zero-order valence-electron chi connectivity index (χ0n) is 22.9. The first kappa shape index (κ1) is 27.6. The lowest BCUT2D eigenvalue weighted by Gasteiger charge is -2.35. The number of ether oxygens (including phenoxy) is 1. The van der Waals surface area contributed by atoms with Gasteiger partial charge in [-0.05, 0) is 42.0 Å². The minimum Gasteiger partial charge on any atom is -0.454 e. The van der Waals surface area contributed by atoms with E-state index in [-0.39, 0.29) is 21.7 Å². The van der Waals surface area contributed by atoms with Crippen molar-refractivity contribution in [3.8, 4) is 0 Å². The van der Waals surface area contributed by atoms with Crippen LogP contribution in [0.25, 0.3) is 0 Å². The third kappa shape index (κ3) is 5.26. The summed E-state index contributed by atoms with van der Waals surface area (Å²) in [6.07, 6.45) is 1.52. The van der Waals surface area contributed by atoms with E-state index in [1.54, 1.807) is 0 Å². The average molecular weight is 560 g/mol. The maximum atomic E-state index is 13.3. The van der Waals surface area contributed by atoms with Crippen molar-refractivity contribution in [1.29, 1.82) is 0 Å². The largest absolute Gasteiger partial charge is 0.454 e. The predicted octanol–water partition coefficient (Wildman–Crippen LogP) is 4.23. The number of carbonyl (C=O) groups is 2. The number of hydrogen-bond acceptors (Lipinski definition) is 7. The summed E-state index contributed by atoms with van der Waals surface area (Å²) >= 11 is 0. The summed E-state index contributed by atoms with van der Waals surface area (Å²) < 4.78 is 33.4. The highest BCUT2D eigenvalue weighted by atomic mass is 32.2. The maximum absolute atomic E-state index is 13.3. The lowest BCUT2D eigenvalue weighted by molar-refractivity contribution is -0.117. The molecule has 40 heavy (non-hydrogen) atoms. The van der Waals surface area contributed by atoms with Crippen molar-refractivity contribution >= 4 is 33.2 Å². The van der Waals surface area contributed by atoms with Gasteiger partial charge >= 0.3 is 5.97 Å². The van der Waals surface area contributed by atoms with Crippen molar-refractivity contribution in [2.24, 2.45) is 0 Å². The first-order chi connectivity index (χ1) is 19.1. The minimum absolute atomic E-state index is 0.0238. The van der Waals surface area contributed by atoms with Crippen LogP contribution in [0.2, 0.25) is 0 Å². The Kier molecular flexibility index (Phi) is 7.53. The van der Waals surface area contributed by atoms with E-state index in [1.807, 2.05) is 80.4 Å². The number of esters is 1. The fourth-order valence-corrected chi connectivity index (χ4v) is 6.90. The topological polar surface area (TPSA) is 87.2 Å². The van der Waals surface area contributed by atoms with Gasteiger partial charge in [-0.15, -0.1) is 0 Å². The number of sulfonamides is 1. The van der Waals surface area contributed by atoms with Crippen LogP contribution in [0.1, 0.15) is 29.8 Å². The van der Waals surface area contributed by atoms with E-state index in [9.17, 15) is 18.0 Å². The van der Waals surface area contributed by atoms with Gasteiger partial charge in [0.05, 0.1) is 10.5 Å². The molecule has 2 heterocycles. The molecule has 2 aliphatic rings. The van der Waals surface area contributed by atoms with Gasteiger partial charge in [0.2, 0.25) is 10.0 Å². The second kappa shape index (κ2) is 10.9. The molecule has 0 aliphatic carbocycles. The van der Waals surface area contributed by atoms with Crippen LogP contribution in [0.3, 0.4) is 0 Å². The lowest BCUT2D eigenvalue weighted by Crippen LogP contribution is -2.48. The van der Waals surface area contributed by atoms with E-state index < -0.39 is 22.6 Å². The number of rotatable bonds is 7. The molecule has 0 radical (unpaired) electrons. The van der Waals surface area contributed by atoms with Crippen molar-refractivity contribution in [2.75, 3.05) is 49.6 Å². The third-order valence-corrected chi connectivity index (χ3v) is 9.55. The number of anilines is 2. The molecule has 2 aliphatic heterocycles. The van der Waals surface area contributed by atoms with E-state index in [1.165, 1.54) is 34.6 Å².